The van der Waals surface area contributed by atoms with Crippen LogP contribution in [-0.2, 0) is 5.41 Å². The van der Waals surface area contributed by atoms with E-state index in [0.29, 0.717) is 5.92 Å². The van der Waals surface area contributed by atoms with Gasteiger partial charge in [-0.2, -0.15) is 0 Å². The molecule has 1 unspecified atom stereocenters. The Morgan fingerprint density at radius 3 is 2.06 bits per heavy atom. The van der Waals surface area contributed by atoms with Crippen molar-refractivity contribution in [2.75, 3.05) is 4.90 Å². The average Bonchev–Trinajstić information content (AvgIpc) is 3.41. The van der Waals surface area contributed by atoms with Crippen LogP contribution in [0.1, 0.15) is 42.9 Å². The molecule has 0 N–H and O–H groups in total. The lowest BCUT2D eigenvalue weighted by Gasteiger charge is -2.31. The van der Waals surface area contributed by atoms with Crippen molar-refractivity contribution in [1.82, 2.24) is 0 Å². The van der Waals surface area contributed by atoms with E-state index in [9.17, 15) is 0 Å². The molecule has 0 saturated carbocycles. The number of anilines is 2. The van der Waals surface area contributed by atoms with E-state index in [2.05, 4.69) is 201 Å². The minimum Gasteiger partial charge on any atom is -0.310 e. The molecule has 0 aliphatic heterocycles. The van der Waals surface area contributed by atoms with Crippen LogP contribution in [0.3, 0.4) is 0 Å². The van der Waals surface area contributed by atoms with Crippen LogP contribution < -0.4 is 4.90 Å². The number of fused-ring (bicyclic) bond motifs is 4. The second-order valence-corrected chi connectivity index (χ2v) is 14.1. The van der Waals surface area contributed by atoms with Gasteiger partial charge in [0.2, 0.25) is 0 Å². The van der Waals surface area contributed by atoms with Crippen molar-refractivity contribution < 1.29 is 0 Å². The van der Waals surface area contributed by atoms with Crippen molar-refractivity contribution in [3.63, 3.8) is 0 Å². The Labute approximate surface area is 295 Å². The second kappa shape index (κ2) is 12.2. The monoisotopic (exact) mass is 641 g/mol. The molecule has 0 radical (unpaired) electrons. The highest BCUT2D eigenvalue weighted by Crippen LogP contribution is 2.50. The lowest BCUT2D eigenvalue weighted by atomic mass is 9.81. The van der Waals surface area contributed by atoms with Gasteiger partial charge in [0, 0.05) is 28.1 Å². The van der Waals surface area contributed by atoms with Crippen LogP contribution >= 0.6 is 0 Å². The highest BCUT2D eigenvalue weighted by molar-refractivity contribution is 5.98. The van der Waals surface area contributed by atoms with E-state index < -0.39 is 0 Å². The quantitative estimate of drug-likeness (QED) is 0.175. The van der Waals surface area contributed by atoms with Gasteiger partial charge < -0.3 is 4.90 Å². The Balaban J connectivity index is 1.20. The van der Waals surface area contributed by atoms with Crippen LogP contribution in [0.15, 0.2) is 188 Å². The van der Waals surface area contributed by atoms with Crippen molar-refractivity contribution in [2.24, 2.45) is 0 Å². The molecule has 0 saturated heterocycles. The van der Waals surface area contributed by atoms with E-state index in [4.69, 9.17) is 0 Å². The van der Waals surface area contributed by atoms with Crippen molar-refractivity contribution >= 4 is 22.1 Å². The predicted molar refractivity (Wildman–Crippen MR) is 212 cm³/mol. The summed E-state index contributed by atoms with van der Waals surface area (Å²) in [6.07, 6.45) is 8.06. The van der Waals surface area contributed by atoms with Gasteiger partial charge in [0.05, 0.1) is 5.69 Å². The van der Waals surface area contributed by atoms with Gasteiger partial charge in [-0.15, -0.1) is 0 Å². The summed E-state index contributed by atoms with van der Waals surface area (Å²) in [7, 11) is 0. The van der Waals surface area contributed by atoms with Crippen molar-refractivity contribution in [2.45, 2.75) is 31.6 Å². The summed E-state index contributed by atoms with van der Waals surface area (Å²) in [6.45, 7) is 4.72. The number of hydrogen-bond donors (Lipinski definition) is 0. The molecule has 0 fully saturated rings. The first-order chi connectivity index (χ1) is 24.6. The molecule has 50 heavy (non-hydrogen) atoms. The molecule has 240 valence electrons. The van der Waals surface area contributed by atoms with Crippen LogP contribution in [0.25, 0.3) is 44.2 Å². The lowest BCUT2D eigenvalue weighted by molar-refractivity contribution is 0.660. The maximum Gasteiger partial charge on any atom is 0.0539 e. The summed E-state index contributed by atoms with van der Waals surface area (Å²) in [4.78, 5) is 2.46. The molecule has 2 aliphatic carbocycles. The zero-order valence-corrected chi connectivity index (χ0v) is 28.6. The van der Waals surface area contributed by atoms with Gasteiger partial charge in [-0.25, -0.2) is 0 Å². The smallest absolute Gasteiger partial charge is 0.0539 e. The molecular formula is C49H39N. The molecule has 7 aromatic carbocycles. The Kier molecular flexibility index (Phi) is 7.36. The molecule has 0 bridgehead atoms. The molecule has 2 aliphatic rings. The van der Waals surface area contributed by atoms with Gasteiger partial charge in [0.25, 0.3) is 0 Å². The fourth-order valence-electron chi connectivity index (χ4n) is 8.20. The van der Waals surface area contributed by atoms with E-state index in [0.717, 1.165) is 12.1 Å². The minimum absolute atomic E-state index is 0.0582. The SMILES string of the molecule is CC1(C)c2ccccc2-c2ccc(-c3ccc(N(C4=CCC(c5ccccc5)C=C4)c4cccc5ccccc45)cc3-c3ccccc3)cc21. The Morgan fingerprint density at radius 2 is 1.24 bits per heavy atom. The fraction of sp³-hybridized carbons (Fsp3) is 0.102. The van der Waals surface area contributed by atoms with Crippen molar-refractivity contribution in [3.05, 3.63) is 204 Å². The molecule has 0 amide bonds. The molecule has 1 atom stereocenters. The molecule has 7 aromatic rings. The number of hydrogen-bond acceptors (Lipinski definition) is 1. The Bertz CT molecular complexity index is 2420. The van der Waals surface area contributed by atoms with Gasteiger partial charge in [0.1, 0.15) is 0 Å². The number of nitrogens with zero attached hydrogens (tertiary/aromatic N) is 1. The first-order valence-electron chi connectivity index (χ1n) is 17.7. The maximum atomic E-state index is 2.46. The predicted octanol–water partition coefficient (Wildman–Crippen LogP) is 13.2. The summed E-state index contributed by atoms with van der Waals surface area (Å²) in [5.74, 6) is 0.367. The van der Waals surface area contributed by atoms with Crippen LogP contribution in [0.2, 0.25) is 0 Å². The summed E-state index contributed by atoms with van der Waals surface area (Å²) < 4.78 is 0. The highest BCUT2D eigenvalue weighted by Gasteiger charge is 2.35. The third-order valence-electron chi connectivity index (χ3n) is 10.8. The number of allylic oxidation sites excluding steroid dienone is 3. The van der Waals surface area contributed by atoms with E-state index in [1.807, 2.05) is 0 Å². The van der Waals surface area contributed by atoms with E-state index in [1.165, 1.54) is 72.2 Å². The standard InChI is InChI=1S/C49H39N/c1-49(2)46-22-12-11-21-43(46)44-30-26-38(32-47(44)49)41-31-29-40(33-45(41)37-16-7-4-8-17-37)50(48-23-13-19-36-18-9-10-20-42(36)48)39-27-24-35(25-28-39)34-14-5-3-6-15-34/h3-24,26-33,35H,25H2,1-2H3. The topological polar surface area (TPSA) is 3.24 Å². The Hall–Kier alpha value is -5.92. The largest absolute Gasteiger partial charge is 0.310 e. The normalized spacial score (nSPS) is 15.7. The fourth-order valence-corrected chi connectivity index (χ4v) is 8.20. The zero-order chi connectivity index (χ0) is 33.7. The van der Waals surface area contributed by atoms with Gasteiger partial charge in [-0.1, -0.05) is 166 Å². The maximum absolute atomic E-state index is 2.46. The zero-order valence-electron chi connectivity index (χ0n) is 28.6. The van der Waals surface area contributed by atoms with Crippen LogP contribution in [0.5, 0.6) is 0 Å². The van der Waals surface area contributed by atoms with Crippen LogP contribution in [-0.4, -0.2) is 0 Å². The third kappa shape index (κ3) is 5.09. The molecule has 0 aromatic heterocycles. The van der Waals surface area contributed by atoms with Crippen LogP contribution in [0.4, 0.5) is 11.4 Å². The molecule has 0 heterocycles. The molecule has 1 nitrogen and oxygen atoms in total. The molecule has 9 rings (SSSR count). The minimum atomic E-state index is -0.0582. The molecule has 0 spiro atoms. The average molecular weight is 642 g/mol. The summed E-state index contributed by atoms with van der Waals surface area (Å²) in [6, 6.07) is 60.1. The summed E-state index contributed by atoms with van der Waals surface area (Å²) in [5, 5.41) is 2.47. The van der Waals surface area contributed by atoms with Gasteiger partial charge in [-0.3, -0.25) is 0 Å². The van der Waals surface area contributed by atoms with Crippen molar-refractivity contribution in [1.29, 1.82) is 0 Å². The molecule has 1 heteroatoms. The Morgan fingerprint density at radius 1 is 0.540 bits per heavy atom. The third-order valence-corrected chi connectivity index (χ3v) is 10.8. The van der Waals surface area contributed by atoms with E-state index in [1.54, 1.807) is 0 Å². The first kappa shape index (κ1) is 30.2. The summed E-state index contributed by atoms with van der Waals surface area (Å²) in [5.41, 5.74) is 15.2. The van der Waals surface area contributed by atoms with E-state index in [-0.39, 0.29) is 5.41 Å². The molecular weight excluding hydrogens is 603 g/mol. The summed E-state index contributed by atoms with van der Waals surface area (Å²) >= 11 is 0. The second-order valence-electron chi connectivity index (χ2n) is 14.1. The van der Waals surface area contributed by atoms with E-state index >= 15 is 0 Å². The van der Waals surface area contributed by atoms with Gasteiger partial charge in [0.15, 0.2) is 0 Å². The van der Waals surface area contributed by atoms with Gasteiger partial charge >= 0.3 is 0 Å². The lowest BCUT2D eigenvalue weighted by Crippen LogP contribution is -2.18. The number of benzene rings is 7. The van der Waals surface area contributed by atoms with Crippen LogP contribution in [0, 0.1) is 0 Å². The van der Waals surface area contributed by atoms with Crippen molar-refractivity contribution in [3.8, 4) is 33.4 Å². The van der Waals surface area contributed by atoms with Gasteiger partial charge in [-0.05, 0) is 92.2 Å². The first-order valence-corrected chi connectivity index (χ1v) is 17.7. The highest BCUT2D eigenvalue weighted by atomic mass is 15.1. The number of rotatable bonds is 6.